The van der Waals surface area contributed by atoms with E-state index in [-0.39, 0.29) is 0 Å². The third kappa shape index (κ3) is 2.53. The van der Waals surface area contributed by atoms with Crippen LogP contribution in [-0.4, -0.2) is 5.11 Å². The van der Waals surface area contributed by atoms with Gasteiger partial charge in [0.2, 0.25) is 0 Å². The van der Waals surface area contributed by atoms with E-state index in [2.05, 4.69) is 29.8 Å². The molecule has 2 N–H and O–H groups in total. The van der Waals surface area contributed by atoms with E-state index in [0.29, 0.717) is 11.8 Å². The van der Waals surface area contributed by atoms with Crippen molar-refractivity contribution < 1.29 is 5.11 Å². The minimum Gasteiger partial charge on any atom is -0.508 e. The minimum absolute atomic E-state index is 0.380. The lowest BCUT2D eigenvalue weighted by Gasteiger charge is -2.14. The molecule has 2 nitrogen and oxygen atoms in total. The van der Waals surface area contributed by atoms with Gasteiger partial charge in [0.25, 0.3) is 0 Å². The SMILES string of the molecule is CCc1ccsc1CNC1CCc2cc(O)ccc21. The number of phenols is 1. The van der Waals surface area contributed by atoms with Crippen LogP contribution in [0.2, 0.25) is 0 Å². The van der Waals surface area contributed by atoms with E-state index in [1.54, 1.807) is 6.07 Å². The first-order valence-electron chi connectivity index (χ1n) is 6.88. The van der Waals surface area contributed by atoms with Crippen LogP contribution in [0.25, 0.3) is 0 Å². The molecule has 0 radical (unpaired) electrons. The van der Waals surface area contributed by atoms with Gasteiger partial charge in [0.05, 0.1) is 0 Å². The number of phenolic OH excluding ortho intramolecular Hbond substituents is 1. The molecule has 0 aliphatic heterocycles. The van der Waals surface area contributed by atoms with Gasteiger partial charge in [0, 0.05) is 17.5 Å². The lowest BCUT2D eigenvalue weighted by Crippen LogP contribution is -2.18. The number of hydrogen-bond acceptors (Lipinski definition) is 3. The van der Waals surface area contributed by atoms with Crippen molar-refractivity contribution in [1.29, 1.82) is 0 Å². The summed E-state index contributed by atoms with van der Waals surface area (Å²) in [5.41, 5.74) is 4.10. The molecule has 2 aromatic rings. The maximum Gasteiger partial charge on any atom is 0.115 e. The summed E-state index contributed by atoms with van der Waals surface area (Å²) in [7, 11) is 0. The Labute approximate surface area is 118 Å². The Hall–Kier alpha value is -1.32. The van der Waals surface area contributed by atoms with Gasteiger partial charge in [-0.05, 0) is 59.5 Å². The number of thiophene rings is 1. The minimum atomic E-state index is 0.380. The molecule has 1 aliphatic carbocycles. The fourth-order valence-corrected chi connectivity index (χ4v) is 3.80. The van der Waals surface area contributed by atoms with Gasteiger partial charge in [0.1, 0.15) is 5.75 Å². The van der Waals surface area contributed by atoms with Crippen LogP contribution in [0.1, 0.15) is 41.0 Å². The second-order valence-corrected chi connectivity index (χ2v) is 6.08. The van der Waals surface area contributed by atoms with Crippen molar-refractivity contribution in [2.75, 3.05) is 0 Å². The Morgan fingerprint density at radius 2 is 2.26 bits per heavy atom. The first-order valence-corrected chi connectivity index (χ1v) is 7.76. The van der Waals surface area contributed by atoms with E-state index >= 15 is 0 Å². The highest BCUT2D eigenvalue weighted by atomic mass is 32.1. The normalized spacial score (nSPS) is 17.6. The molecule has 1 aromatic heterocycles. The Kier molecular flexibility index (Phi) is 3.58. The summed E-state index contributed by atoms with van der Waals surface area (Å²) in [6.07, 6.45) is 3.30. The third-order valence-electron chi connectivity index (χ3n) is 3.93. The smallest absolute Gasteiger partial charge is 0.115 e. The lowest BCUT2D eigenvalue weighted by atomic mass is 10.1. The molecule has 1 heterocycles. The number of aryl methyl sites for hydroxylation is 2. The largest absolute Gasteiger partial charge is 0.508 e. The van der Waals surface area contributed by atoms with Crippen LogP contribution in [0.15, 0.2) is 29.6 Å². The highest BCUT2D eigenvalue weighted by Gasteiger charge is 2.22. The summed E-state index contributed by atoms with van der Waals surface area (Å²) in [6, 6.07) is 8.41. The summed E-state index contributed by atoms with van der Waals surface area (Å²) >= 11 is 1.84. The second kappa shape index (κ2) is 5.35. The molecule has 3 heteroatoms. The molecule has 0 bridgehead atoms. The molecule has 0 amide bonds. The zero-order valence-electron chi connectivity index (χ0n) is 11.1. The van der Waals surface area contributed by atoms with E-state index < -0.39 is 0 Å². The fraction of sp³-hybridized carbons (Fsp3) is 0.375. The van der Waals surface area contributed by atoms with Crippen molar-refractivity contribution in [3.63, 3.8) is 0 Å². The maximum absolute atomic E-state index is 9.51. The molecule has 0 saturated carbocycles. The van der Waals surface area contributed by atoms with E-state index in [1.807, 2.05) is 17.4 Å². The number of fused-ring (bicyclic) bond motifs is 1. The lowest BCUT2D eigenvalue weighted by molar-refractivity contribution is 0.474. The summed E-state index contributed by atoms with van der Waals surface area (Å²) in [4.78, 5) is 1.45. The van der Waals surface area contributed by atoms with Gasteiger partial charge in [-0.1, -0.05) is 13.0 Å². The quantitative estimate of drug-likeness (QED) is 0.888. The molecule has 1 atom stereocenters. The third-order valence-corrected chi connectivity index (χ3v) is 4.90. The van der Waals surface area contributed by atoms with E-state index in [4.69, 9.17) is 0 Å². The van der Waals surface area contributed by atoms with Crippen molar-refractivity contribution in [3.05, 3.63) is 51.2 Å². The molecule has 1 aliphatic rings. The molecule has 0 fully saturated rings. The highest BCUT2D eigenvalue weighted by molar-refractivity contribution is 7.10. The number of rotatable bonds is 4. The van der Waals surface area contributed by atoms with E-state index in [1.165, 1.54) is 21.6 Å². The van der Waals surface area contributed by atoms with Gasteiger partial charge in [-0.15, -0.1) is 11.3 Å². The Morgan fingerprint density at radius 1 is 1.37 bits per heavy atom. The van der Waals surface area contributed by atoms with Gasteiger partial charge < -0.3 is 10.4 Å². The average molecular weight is 273 g/mol. The zero-order chi connectivity index (χ0) is 13.2. The Bertz CT molecular complexity index is 576. The van der Waals surface area contributed by atoms with Crippen LogP contribution in [-0.2, 0) is 19.4 Å². The first kappa shape index (κ1) is 12.7. The van der Waals surface area contributed by atoms with E-state index in [0.717, 1.165) is 25.8 Å². The summed E-state index contributed by atoms with van der Waals surface area (Å²) < 4.78 is 0. The maximum atomic E-state index is 9.51. The number of benzene rings is 1. The fourth-order valence-electron chi connectivity index (χ4n) is 2.87. The number of aromatic hydroxyl groups is 1. The molecule has 19 heavy (non-hydrogen) atoms. The molecular weight excluding hydrogens is 254 g/mol. The Morgan fingerprint density at radius 3 is 3.11 bits per heavy atom. The average Bonchev–Trinajstić information content (AvgIpc) is 3.01. The monoisotopic (exact) mass is 273 g/mol. The van der Waals surface area contributed by atoms with Gasteiger partial charge in [-0.3, -0.25) is 0 Å². The van der Waals surface area contributed by atoms with Gasteiger partial charge in [0.15, 0.2) is 0 Å². The van der Waals surface area contributed by atoms with Crippen molar-refractivity contribution in [3.8, 4) is 5.75 Å². The topological polar surface area (TPSA) is 32.3 Å². The van der Waals surface area contributed by atoms with Crippen molar-refractivity contribution in [2.45, 2.75) is 38.8 Å². The molecule has 1 aromatic carbocycles. The van der Waals surface area contributed by atoms with Gasteiger partial charge >= 0.3 is 0 Å². The van der Waals surface area contributed by atoms with Gasteiger partial charge in [-0.25, -0.2) is 0 Å². The number of hydrogen-bond donors (Lipinski definition) is 2. The van der Waals surface area contributed by atoms with Crippen molar-refractivity contribution in [2.24, 2.45) is 0 Å². The van der Waals surface area contributed by atoms with Gasteiger partial charge in [-0.2, -0.15) is 0 Å². The first-order chi connectivity index (χ1) is 9.28. The molecule has 1 unspecified atom stereocenters. The van der Waals surface area contributed by atoms with Crippen LogP contribution >= 0.6 is 11.3 Å². The van der Waals surface area contributed by atoms with Crippen LogP contribution < -0.4 is 5.32 Å². The number of nitrogens with one attached hydrogen (secondary N) is 1. The van der Waals surface area contributed by atoms with Crippen molar-refractivity contribution >= 4 is 11.3 Å². The second-order valence-electron chi connectivity index (χ2n) is 5.08. The molecule has 3 rings (SSSR count). The summed E-state index contributed by atoms with van der Waals surface area (Å²) in [5, 5.41) is 15.4. The summed E-state index contributed by atoms with van der Waals surface area (Å²) in [5.74, 6) is 0.380. The van der Waals surface area contributed by atoms with Crippen molar-refractivity contribution in [1.82, 2.24) is 5.32 Å². The zero-order valence-corrected chi connectivity index (χ0v) is 12.0. The standard InChI is InChI=1S/C16H19NOS/c1-2-11-7-8-19-16(11)10-17-15-6-3-12-9-13(18)4-5-14(12)15/h4-5,7-9,15,17-18H,2-3,6,10H2,1H3. The molecule has 0 spiro atoms. The Balaban J connectivity index is 1.70. The predicted molar refractivity (Wildman–Crippen MR) is 79.7 cm³/mol. The van der Waals surface area contributed by atoms with E-state index in [9.17, 15) is 5.11 Å². The molecule has 0 saturated heterocycles. The van der Waals surface area contributed by atoms with Crippen LogP contribution in [0.5, 0.6) is 5.75 Å². The predicted octanol–water partition coefficient (Wildman–Crippen LogP) is 3.79. The molecular formula is C16H19NOS. The summed E-state index contributed by atoms with van der Waals surface area (Å²) in [6.45, 7) is 3.16. The highest BCUT2D eigenvalue weighted by Crippen LogP contribution is 2.33. The van der Waals surface area contributed by atoms with Crippen LogP contribution in [0.4, 0.5) is 0 Å². The molecule has 100 valence electrons. The van der Waals surface area contributed by atoms with Crippen LogP contribution in [0, 0.1) is 0 Å². The van der Waals surface area contributed by atoms with Crippen LogP contribution in [0.3, 0.4) is 0 Å².